The quantitative estimate of drug-likeness (QED) is 0.331. The highest BCUT2D eigenvalue weighted by atomic mass is 35.5. The largest absolute Gasteiger partial charge is 0.481 e. The first kappa shape index (κ1) is 13.2. The number of nitrogens with two attached hydrogens (primary N) is 1. The van der Waals surface area contributed by atoms with Crippen molar-refractivity contribution in [1.82, 2.24) is 0 Å². The van der Waals surface area contributed by atoms with Crippen molar-refractivity contribution in [3.63, 3.8) is 0 Å². The van der Waals surface area contributed by atoms with Gasteiger partial charge in [-0.25, -0.2) is 4.39 Å². The maximum Gasteiger partial charge on any atom is 0.303 e. The number of rotatable bonds is 4. The summed E-state index contributed by atoms with van der Waals surface area (Å²) in [5.74, 6) is -1.98. The standard InChI is InChI=1S/C10H10ClFN2O3/c11-7-3-5(1-2-9(15)16)8(12)4-6(7)10(13)14-17/h3-4,17H,1-2H2,(H2,13,14)(H,15,16). The van der Waals surface area contributed by atoms with Crippen molar-refractivity contribution in [1.29, 1.82) is 0 Å². The Kier molecular flexibility index (Phi) is 4.28. The Hall–Kier alpha value is -1.82. The molecular weight excluding hydrogens is 251 g/mol. The van der Waals surface area contributed by atoms with E-state index < -0.39 is 11.8 Å². The van der Waals surface area contributed by atoms with E-state index >= 15 is 0 Å². The molecule has 0 bridgehead atoms. The Labute approximate surface area is 101 Å². The molecule has 0 unspecified atom stereocenters. The minimum Gasteiger partial charge on any atom is -0.481 e. The van der Waals surface area contributed by atoms with Crippen molar-refractivity contribution in [2.24, 2.45) is 10.9 Å². The number of amidine groups is 1. The molecule has 0 aliphatic heterocycles. The Morgan fingerprint density at radius 2 is 2.18 bits per heavy atom. The number of benzene rings is 1. The van der Waals surface area contributed by atoms with Crippen LogP contribution in [0.25, 0.3) is 0 Å². The second kappa shape index (κ2) is 5.49. The summed E-state index contributed by atoms with van der Waals surface area (Å²) in [6, 6.07) is 2.28. The molecule has 17 heavy (non-hydrogen) atoms. The van der Waals surface area contributed by atoms with Gasteiger partial charge in [0, 0.05) is 12.0 Å². The minimum absolute atomic E-state index is 0.0251. The zero-order valence-electron chi connectivity index (χ0n) is 8.65. The van der Waals surface area contributed by atoms with E-state index in [0.29, 0.717) is 0 Å². The molecule has 5 nitrogen and oxygen atoms in total. The molecule has 0 atom stereocenters. The number of hydrogen-bond donors (Lipinski definition) is 3. The van der Waals surface area contributed by atoms with Crippen LogP contribution in [0.4, 0.5) is 4.39 Å². The lowest BCUT2D eigenvalue weighted by Gasteiger charge is -2.07. The van der Waals surface area contributed by atoms with Gasteiger partial charge in [0.15, 0.2) is 5.84 Å². The van der Waals surface area contributed by atoms with Gasteiger partial charge in [0.2, 0.25) is 0 Å². The van der Waals surface area contributed by atoms with Crippen LogP contribution in [-0.4, -0.2) is 22.1 Å². The van der Waals surface area contributed by atoms with E-state index in [9.17, 15) is 9.18 Å². The molecule has 0 radical (unpaired) electrons. The molecule has 4 N–H and O–H groups in total. The number of oxime groups is 1. The molecule has 92 valence electrons. The molecule has 0 fully saturated rings. The number of hydrogen-bond acceptors (Lipinski definition) is 3. The number of carbonyl (C=O) groups is 1. The minimum atomic E-state index is -1.03. The van der Waals surface area contributed by atoms with Crippen molar-refractivity contribution in [3.05, 3.63) is 34.1 Å². The number of carboxylic acid groups (broad SMARTS) is 1. The van der Waals surface area contributed by atoms with Gasteiger partial charge in [-0.1, -0.05) is 16.8 Å². The maximum absolute atomic E-state index is 13.5. The molecule has 0 aromatic heterocycles. The zero-order valence-corrected chi connectivity index (χ0v) is 9.41. The summed E-state index contributed by atoms with van der Waals surface area (Å²) in [6.07, 6.45) is -0.173. The summed E-state index contributed by atoms with van der Waals surface area (Å²) in [5, 5.41) is 19.8. The molecule has 1 aromatic rings. The predicted molar refractivity (Wildman–Crippen MR) is 59.9 cm³/mol. The topological polar surface area (TPSA) is 95.9 Å². The summed E-state index contributed by atoms with van der Waals surface area (Å²) in [7, 11) is 0. The highest BCUT2D eigenvalue weighted by Gasteiger charge is 2.12. The fraction of sp³-hybridized carbons (Fsp3) is 0.200. The van der Waals surface area contributed by atoms with E-state index in [-0.39, 0.29) is 34.8 Å². The van der Waals surface area contributed by atoms with E-state index in [0.717, 1.165) is 6.07 Å². The van der Waals surface area contributed by atoms with Crippen molar-refractivity contribution in [2.75, 3.05) is 0 Å². The van der Waals surface area contributed by atoms with Crippen molar-refractivity contribution >= 4 is 23.4 Å². The lowest BCUT2D eigenvalue weighted by molar-refractivity contribution is -0.136. The molecule has 0 spiro atoms. The molecule has 1 aromatic carbocycles. The molecule has 0 heterocycles. The lowest BCUT2D eigenvalue weighted by atomic mass is 10.1. The van der Waals surface area contributed by atoms with Crippen LogP contribution in [0, 0.1) is 5.82 Å². The van der Waals surface area contributed by atoms with Gasteiger partial charge >= 0.3 is 5.97 Å². The van der Waals surface area contributed by atoms with Crippen molar-refractivity contribution in [3.8, 4) is 0 Å². The van der Waals surface area contributed by atoms with Gasteiger partial charge < -0.3 is 16.0 Å². The first-order chi connectivity index (χ1) is 7.95. The van der Waals surface area contributed by atoms with Crippen LogP contribution >= 0.6 is 11.6 Å². The van der Waals surface area contributed by atoms with Gasteiger partial charge in [-0.05, 0) is 24.1 Å². The number of halogens is 2. The van der Waals surface area contributed by atoms with Gasteiger partial charge in [-0.3, -0.25) is 4.79 Å². The van der Waals surface area contributed by atoms with Crippen LogP contribution in [0.1, 0.15) is 17.5 Å². The van der Waals surface area contributed by atoms with Crippen molar-refractivity contribution < 1.29 is 19.5 Å². The molecule has 7 heteroatoms. The van der Waals surface area contributed by atoms with Crippen LogP contribution in [0.5, 0.6) is 0 Å². The van der Waals surface area contributed by atoms with E-state index in [2.05, 4.69) is 5.16 Å². The summed E-state index contributed by atoms with van der Waals surface area (Å²) >= 11 is 5.80. The lowest BCUT2D eigenvalue weighted by Crippen LogP contribution is -2.14. The van der Waals surface area contributed by atoms with E-state index in [1.807, 2.05) is 0 Å². The number of aliphatic carboxylic acids is 1. The monoisotopic (exact) mass is 260 g/mol. The van der Waals surface area contributed by atoms with Crippen molar-refractivity contribution in [2.45, 2.75) is 12.8 Å². The smallest absolute Gasteiger partial charge is 0.303 e. The highest BCUT2D eigenvalue weighted by molar-refractivity contribution is 6.34. The van der Waals surface area contributed by atoms with Gasteiger partial charge in [0.25, 0.3) is 0 Å². The normalized spacial score (nSPS) is 11.5. The highest BCUT2D eigenvalue weighted by Crippen LogP contribution is 2.21. The van der Waals surface area contributed by atoms with Crippen LogP contribution in [0.2, 0.25) is 5.02 Å². The van der Waals surface area contributed by atoms with Crippen LogP contribution in [0.3, 0.4) is 0 Å². The number of carboxylic acids is 1. The van der Waals surface area contributed by atoms with Crippen LogP contribution in [-0.2, 0) is 11.2 Å². The van der Waals surface area contributed by atoms with Crippen LogP contribution < -0.4 is 5.73 Å². The maximum atomic E-state index is 13.5. The summed E-state index contributed by atoms with van der Waals surface area (Å²) in [6.45, 7) is 0. The predicted octanol–water partition coefficient (Wildman–Crippen LogP) is 1.59. The molecule has 0 amide bonds. The average Bonchev–Trinajstić information content (AvgIpc) is 2.28. The van der Waals surface area contributed by atoms with E-state index in [4.69, 9.17) is 27.6 Å². The molecule has 1 rings (SSSR count). The van der Waals surface area contributed by atoms with E-state index in [1.54, 1.807) is 0 Å². The molecule has 0 saturated heterocycles. The van der Waals surface area contributed by atoms with E-state index in [1.165, 1.54) is 6.07 Å². The Balaban J connectivity index is 3.05. The third-order valence-corrected chi connectivity index (χ3v) is 2.44. The number of nitrogens with zero attached hydrogens (tertiary/aromatic N) is 1. The average molecular weight is 261 g/mol. The fourth-order valence-corrected chi connectivity index (χ4v) is 1.55. The molecule has 0 saturated carbocycles. The van der Waals surface area contributed by atoms with Gasteiger partial charge in [-0.15, -0.1) is 0 Å². The zero-order chi connectivity index (χ0) is 13.0. The summed E-state index contributed by atoms with van der Waals surface area (Å²) < 4.78 is 13.5. The second-order valence-corrected chi connectivity index (χ2v) is 3.71. The summed E-state index contributed by atoms with van der Waals surface area (Å²) in [5.41, 5.74) is 5.52. The third kappa shape index (κ3) is 3.32. The fourth-order valence-electron chi connectivity index (χ4n) is 1.27. The second-order valence-electron chi connectivity index (χ2n) is 3.30. The number of aryl methyl sites for hydroxylation is 1. The SMILES string of the molecule is NC(=NO)c1cc(F)c(CCC(=O)O)cc1Cl. The van der Waals surface area contributed by atoms with Gasteiger partial charge in [0.05, 0.1) is 5.02 Å². The Morgan fingerprint density at radius 3 is 2.71 bits per heavy atom. The van der Waals surface area contributed by atoms with Crippen LogP contribution in [0.15, 0.2) is 17.3 Å². The first-order valence-electron chi connectivity index (χ1n) is 4.63. The van der Waals surface area contributed by atoms with Gasteiger partial charge in [0.1, 0.15) is 5.82 Å². The molecule has 0 aliphatic rings. The first-order valence-corrected chi connectivity index (χ1v) is 5.01. The Morgan fingerprint density at radius 1 is 1.53 bits per heavy atom. The van der Waals surface area contributed by atoms with Gasteiger partial charge in [-0.2, -0.15) is 0 Å². The molecule has 0 aliphatic carbocycles. The third-order valence-electron chi connectivity index (χ3n) is 2.13. The molecular formula is C10H10ClFN2O3. The summed E-state index contributed by atoms with van der Waals surface area (Å²) in [4.78, 5) is 10.4. The Bertz CT molecular complexity index is 477.